The number of nitrogens with zero attached hydrogens (tertiary/aromatic N) is 3. The molecule has 184 valence electrons. The van der Waals surface area contributed by atoms with Gasteiger partial charge in [0.25, 0.3) is 0 Å². The molecule has 3 aromatic rings. The van der Waals surface area contributed by atoms with E-state index in [-0.39, 0.29) is 11.7 Å². The number of piperidine rings is 1. The highest BCUT2D eigenvalue weighted by atomic mass is 19.4. The topological polar surface area (TPSA) is 88.5 Å². The first-order valence-electron chi connectivity index (χ1n) is 11.3. The number of ether oxygens (including phenoxy) is 1. The van der Waals surface area contributed by atoms with Gasteiger partial charge < -0.3 is 20.3 Å². The molecule has 0 bridgehead atoms. The van der Waals surface area contributed by atoms with Crippen LogP contribution in [0, 0.1) is 0 Å². The van der Waals surface area contributed by atoms with Crippen molar-refractivity contribution in [1.82, 2.24) is 9.78 Å². The summed E-state index contributed by atoms with van der Waals surface area (Å²) >= 11 is 0. The first kappa shape index (κ1) is 23.0. The third-order valence-corrected chi connectivity index (χ3v) is 6.37. The zero-order valence-corrected chi connectivity index (χ0v) is 19.1. The number of alkyl halides is 3. The first-order valence-corrected chi connectivity index (χ1v) is 11.3. The van der Waals surface area contributed by atoms with Gasteiger partial charge in [-0.1, -0.05) is 0 Å². The minimum Gasteiger partial charge on any atom is -0.437 e. The van der Waals surface area contributed by atoms with Crippen LogP contribution in [0.3, 0.4) is 0 Å². The van der Waals surface area contributed by atoms with E-state index in [2.05, 4.69) is 15.3 Å². The van der Waals surface area contributed by atoms with E-state index < -0.39 is 23.8 Å². The Bertz CT molecular complexity index is 1300. The third-order valence-electron chi connectivity index (χ3n) is 6.37. The third kappa shape index (κ3) is 4.38. The Morgan fingerprint density at radius 3 is 2.63 bits per heavy atom. The van der Waals surface area contributed by atoms with Gasteiger partial charge >= 0.3 is 18.2 Å². The van der Waals surface area contributed by atoms with E-state index in [9.17, 15) is 22.8 Å². The summed E-state index contributed by atoms with van der Waals surface area (Å²) in [7, 11) is 0. The Balaban J connectivity index is 1.31. The van der Waals surface area contributed by atoms with E-state index in [0.29, 0.717) is 6.54 Å². The van der Waals surface area contributed by atoms with Crippen LogP contribution in [-0.2, 0) is 15.1 Å². The standard InChI is InChI=1S/C24H24F3N5O3/c1-23(2)19-11-17(10-14-12-28-32(20(14)19)22(34)35-23)29-16-4-3-9-31(13-16)18-7-5-15(6-8-18)30-21(33)24(25,26)27/h5-8,10-12,16,29H,3-4,9,13H2,1-2H3,(H,30,33). The highest BCUT2D eigenvalue weighted by Crippen LogP contribution is 2.38. The maximum Gasteiger partial charge on any atom is 0.471 e. The molecular formula is C24H24F3N5O3. The van der Waals surface area contributed by atoms with Crippen molar-refractivity contribution in [2.75, 3.05) is 28.6 Å². The van der Waals surface area contributed by atoms with E-state index in [1.165, 1.54) is 16.8 Å². The molecule has 2 N–H and O–H groups in total. The maximum absolute atomic E-state index is 12.5. The van der Waals surface area contributed by atoms with Crippen molar-refractivity contribution >= 4 is 40.0 Å². The van der Waals surface area contributed by atoms with Crippen LogP contribution in [-0.4, -0.2) is 47.1 Å². The highest BCUT2D eigenvalue weighted by molar-refractivity contribution is 5.95. The van der Waals surface area contributed by atoms with Crippen LogP contribution >= 0.6 is 0 Å². The molecule has 8 nitrogen and oxygen atoms in total. The fourth-order valence-corrected chi connectivity index (χ4v) is 4.69. The molecule has 1 fully saturated rings. The van der Waals surface area contributed by atoms with Crippen molar-refractivity contribution in [1.29, 1.82) is 0 Å². The lowest BCUT2D eigenvalue weighted by molar-refractivity contribution is -0.167. The Morgan fingerprint density at radius 1 is 1.17 bits per heavy atom. The molecule has 0 saturated carbocycles. The average Bonchev–Trinajstić information content (AvgIpc) is 3.22. The Hall–Kier alpha value is -3.76. The van der Waals surface area contributed by atoms with Gasteiger partial charge in [0.05, 0.1) is 11.7 Å². The molecule has 1 saturated heterocycles. The smallest absolute Gasteiger partial charge is 0.437 e. The number of hydrogen-bond donors (Lipinski definition) is 2. The monoisotopic (exact) mass is 487 g/mol. The molecule has 11 heteroatoms. The van der Waals surface area contributed by atoms with Gasteiger partial charge in [-0.25, -0.2) is 4.79 Å². The number of carbonyl (C=O) groups is 2. The maximum atomic E-state index is 12.5. The van der Waals surface area contributed by atoms with Crippen molar-refractivity contribution in [3.8, 4) is 0 Å². The zero-order chi connectivity index (χ0) is 25.0. The molecule has 1 atom stereocenters. The SMILES string of the molecule is CC1(C)OC(=O)n2ncc3cc(NC4CCCN(c5ccc(NC(=O)C(F)(F)F)cc5)C4)cc1c32. The van der Waals surface area contributed by atoms with Crippen molar-refractivity contribution in [2.24, 2.45) is 0 Å². The van der Waals surface area contributed by atoms with Crippen molar-refractivity contribution < 1.29 is 27.5 Å². The molecule has 2 aliphatic rings. The largest absolute Gasteiger partial charge is 0.471 e. The second kappa shape index (κ2) is 8.17. The van der Waals surface area contributed by atoms with Gasteiger partial charge in [-0.3, -0.25) is 4.79 Å². The Labute approximate surface area is 199 Å². The minimum atomic E-state index is -4.93. The summed E-state index contributed by atoms with van der Waals surface area (Å²) in [6.07, 6.45) is -1.90. The zero-order valence-electron chi connectivity index (χ0n) is 19.1. The van der Waals surface area contributed by atoms with Crippen LogP contribution in [0.2, 0.25) is 0 Å². The van der Waals surface area contributed by atoms with Crippen LogP contribution in [0.25, 0.3) is 10.9 Å². The van der Waals surface area contributed by atoms with Gasteiger partial charge in [-0.05, 0) is 63.1 Å². The fourth-order valence-electron chi connectivity index (χ4n) is 4.69. The lowest BCUT2D eigenvalue weighted by atomic mass is 9.93. The van der Waals surface area contributed by atoms with E-state index in [0.717, 1.165) is 47.2 Å². The average molecular weight is 487 g/mol. The van der Waals surface area contributed by atoms with Crippen molar-refractivity contribution in [2.45, 2.75) is 44.5 Å². The Morgan fingerprint density at radius 2 is 1.91 bits per heavy atom. The van der Waals surface area contributed by atoms with Crippen LogP contribution in [0.1, 0.15) is 32.3 Å². The van der Waals surface area contributed by atoms with E-state index in [1.807, 2.05) is 31.3 Å². The lowest BCUT2D eigenvalue weighted by Crippen LogP contribution is -2.42. The van der Waals surface area contributed by atoms with Crippen LogP contribution in [0.5, 0.6) is 0 Å². The summed E-state index contributed by atoms with van der Waals surface area (Å²) < 4.78 is 44.3. The molecule has 1 unspecified atom stereocenters. The molecule has 0 radical (unpaired) electrons. The van der Waals surface area contributed by atoms with Gasteiger partial charge in [0, 0.05) is 47.1 Å². The molecule has 1 aromatic heterocycles. The number of halogens is 3. The second-order valence-electron chi connectivity index (χ2n) is 9.32. The predicted octanol–water partition coefficient (Wildman–Crippen LogP) is 4.85. The van der Waals surface area contributed by atoms with Crippen LogP contribution < -0.4 is 15.5 Å². The van der Waals surface area contributed by atoms with Gasteiger partial charge in [0.15, 0.2) is 0 Å². The molecule has 0 aliphatic carbocycles. The summed E-state index contributed by atoms with van der Waals surface area (Å²) in [6.45, 7) is 5.21. The molecule has 35 heavy (non-hydrogen) atoms. The number of amides is 1. The normalized spacial score (nSPS) is 19.4. The van der Waals surface area contributed by atoms with E-state index >= 15 is 0 Å². The van der Waals surface area contributed by atoms with Crippen LogP contribution in [0.4, 0.5) is 35.0 Å². The molecule has 2 aliphatic heterocycles. The van der Waals surface area contributed by atoms with Crippen molar-refractivity contribution in [3.05, 3.63) is 48.2 Å². The predicted molar refractivity (Wildman–Crippen MR) is 125 cm³/mol. The number of rotatable bonds is 4. The molecule has 1 amide bonds. The van der Waals surface area contributed by atoms with E-state index in [1.54, 1.807) is 18.3 Å². The molecule has 5 rings (SSSR count). The van der Waals surface area contributed by atoms with Crippen LogP contribution in [0.15, 0.2) is 42.6 Å². The number of cyclic esters (lactones) is 1. The minimum absolute atomic E-state index is 0.0916. The van der Waals surface area contributed by atoms with Gasteiger partial charge in [0.1, 0.15) is 5.60 Å². The summed E-state index contributed by atoms with van der Waals surface area (Å²) in [5.41, 5.74) is 2.69. The summed E-state index contributed by atoms with van der Waals surface area (Å²) in [5, 5.41) is 10.5. The molecule has 2 aromatic carbocycles. The first-order chi connectivity index (χ1) is 16.5. The molecule has 0 spiro atoms. The second-order valence-corrected chi connectivity index (χ2v) is 9.32. The quantitative estimate of drug-likeness (QED) is 0.547. The van der Waals surface area contributed by atoms with E-state index in [4.69, 9.17) is 4.74 Å². The number of anilines is 3. The fraction of sp³-hybridized carbons (Fsp3) is 0.375. The number of carbonyl (C=O) groups excluding carboxylic acids is 2. The van der Waals surface area contributed by atoms with Crippen molar-refractivity contribution in [3.63, 3.8) is 0 Å². The van der Waals surface area contributed by atoms with Gasteiger partial charge in [-0.15, -0.1) is 0 Å². The number of hydrogen-bond acceptors (Lipinski definition) is 6. The molecule has 3 heterocycles. The van der Waals surface area contributed by atoms with Gasteiger partial charge in [-0.2, -0.15) is 23.0 Å². The number of aromatic nitrogens is 2. The molecular weight excluding hydrogens is 463 g/mol. The summed E-state index contributed by atoms with van der Waals surface area (Å²) in [6, 6.07) is 10.4. The Kier molecular flexibility index (Phi) is 5.37. The summed E-state index contributed by atoms with van der Waals surface area (Å²) in [4.78, 5) is 25.5. The summed E-state index contributed by atoms with van der Waals surface area (Å²) in [5.74, 6) is -1.99. The number of nitrogens with one attached hydrogen (secondary N) is 2. The highest BCUT2D eigenvalue weighted by Gasteiger charge is 2.39. The number of benzene rings is 2. The van der Waals surface area contributed by atoms with Gasteiger partial charge in [0.2, 0.25) is 0 Å². The lowest BCUT2D eigenvalue weighted by Gasteiger charge is -2.36.